The number of aliphatic hydroxyl groups is 1. The van der Waals surface area contributed by atoms with E-state index in [4.69, 9.17) is 18.9 Å². The highest BCUT2D eigenvalue weighted by molar-refractivity contribution is 6.46. The number of Topliss-reactive ketones (excluding diaryl/α,β-unsaturated/α-hetero) is 1. The van der Waals surface area contributed by atoms with Crippen molar-refractivity contribution in [3.63, 3.8) is 0 Å². The summed E-state index contributed by atoms with van der Waals surface area (Å²) in [5.41, 5.74) is 1.24. The van der Waals surface area contributed by atoms with Crippen LogP contribution >= 0.6 is 0 Å². The van der Waals surface area contributed by atoms with Gasteiger partial charge in [-0.2, -0.15) is 0 Å². The fraction of sp³-hybridized carbons (Fsp3) is 0.241. The fourth-order valence-corrected chi connectivity index (χ4v) is 4.52. The molecule has 4 rings (SSSR count). The van der Waals surface area contributed by atoms with Crippen molar-refractivity contribution >= 4 is 17.4 Å². The van der Waals surface area contributed by atoms with E-state index >= 15 is 0 Å². The Balaban J connectivity index is 1.93. The summed E-state index contributed by atoms with van der Waals surface area (Å²) >= 11 is 0. The van der Waals surface area contributed by atoms with Gasteiger partial charge in [-0.25, -0.2) is 0 Å². The lowest BCUT2D eigenvalue weighted by molar-refractivity contribution is -0.140. The summed E-state index contributed by atoms with van der Waals surface area (Å²) in [7, 11) is 4.45. The van der Waals surface area contributed by atoms with Crippen LogP contribution in [0, 0.1) is 0 Å². The largest absolute Gasteiger partial charge is 0.507 e. The molecule has 3 aromatic rings. The van der Waals surface area contributed by atoms with E-state index in [0.717, 1.165) is 0 Å². The minimum Gasteiger partial charge on any atom is -0.507 e. The number of phenolic OH excluding ortho intramolecular Hbond substituents is 1. The summed E-state index contributed by atoms with van der Waals surface area (Å²) in [5, 5.41) is 21.8. The first-order chi connectivity index (χ1) is 18.3. The Morgan fingerprint density at radius 1 is 0.895 bits per heavy atom. The van der Waals surface area contributed by atoms with E-state index in [0.29, 0.717) is 29.2 Å². The normalized spacial score (nSPS) is 16.4. The predicted octanol–water partition coefficient (Wildman–Crippen LogP) is 4.44. The maximum atomic E-state index is 13.5. The second-order valence-corrected chi connectivity index (χ2v) is 8.47. The molecule has 2 N–H and O–H groups in total. The van der Waals surface area contributed by atoms with Crippen LogP contribution in [0.2, 0.25) is 0 Å². The van der Waals surface area contributed by atoms with Gasteiger partial charge in [-0.05, 0) is 42.8 Å². The van der Waals surface area contributed by atoms with Gasteiger partial charge in [-0.1, -0.05) is 24.3 Å². The number of likely N-dealkylation sites (tertiary alicyclic amines) is 1. The van der Waals surface area contributed by atoms with Crippen molar-refractivity contribution in [1.82, 2.24) is 4.90 Å². The smallest absolute Gasteiger partial charge is 0.295 e. The molecule has 1 aliphatic heterocycles. The van der Waals surface area contributed by atoms with Crippen molar-refractivity contribution in [2.75, 3.05) is 27.9 Å². The average molecular weight is 520 g/mol. The maximum Gasteiger partial charge on any atom is 0.295 e. The summed E-state index contributed by atoms with van der Waals surface area (Å²) in [6.45, 7) is 2.10. The number of amides is 1. The third-order valence-corrected chi connectivity index (χ3v) is 6.34. The van der Waals surface area contributed by atoms with E-state index in [-0.39, 0.29) is 34.9 Å². The van der Waals surface area contributed by atoms with Crippen LogP contribution in [0.5, 0.6) is 28.7 Å². The number of rotatable bonds is 9. The first kappa shape index (κ1) is 26.4. The molecular weight excluding hydrogens is 490 g/mol. The highest BCUT2D eigenvalue weighted by Gasteiger charge is 2.46. The van der Waals surface area contributed by atoms with Crippen LogP contribution in [0.3, 0.4) is 0 Å². The molecule has 9 heteroatoms. The van der Waals surface area contributed by atoms with Crippen LogP contribution in [0.1, 0.15) is 29.7 Å². The Morgan fingerprint density at radius 3 is 2.32 bits per heavy atom. The van der Waals surface area contributed by atoms with Gasteiger partial charge in [0.1, 0.15) is 23.0 Å². The quantitative estimate of drug-likeness (QED) is 0.242. The highest BCUT2D eigenvalue weighted by atomic mass is 16.5. The number of phenols is 1. The lowest BCUT2D eigenvalue weighted by atomic mass is 9.94. The van der Waals surface area contributed by atoms with Gasteiger partial charge >= 0.3 is 0 Å². The molecule has 1 fully saturated rings. The molecule has 0 aromatic heterocycles. The molecule has 1 unspecified atom stereocenters. The van der Waals surface area contributed by atoms with Gasteiger partial charge in [0.05, 0.1) is 51.7 Å². The summed E-state index contributed by atoms with van der Waals surface area (Å²) < 4.78 is 21.7. The number of methoxy groups -OCH3 is 3. The van der Waals surface area contributed by atoms with Crippen molar-refractivity contribution in [2.24, 2.45) is 0 Å². The molecule has 1 aliphatic rings. The van der Waals surface area contributed by atoms with E-state index in [1.807, 2.05) is 0 Å². The van der Waals surface area contributed by atoms with Gasteiger partial charge in [0.15, 0.2) is 11.5 Å². The topological polar surface area (TPSA) is 115 Å². The SMILES string of the molecule is CCOc1cc(C2/C(=C(\O)c3ccc(OC)cc3OC)C(=O)C(=O)N2Cc2ccccc2OC)ccc1O. The van der Waals surface area contributed by atoms with Gasteiger partial charge in [0.25, 0.3) is 11.7 Å². The second kappa shape index (κ2) is 11.2. The monoisotopic (exact) mass is 519 g/mol. The van der Waals surface area contributed by atoms with E-state index in [2.05, 4.69) is 0 Å². The van der Waals surface area contributed by atoms with Crippen LogP contribution in [-0.2, 0) is 16.1 Å². The number of carbonyl (C=O) groups is 2. The Kier molecular flexibility index (Phi) is 7.76. The number of hydrogen-bond acceptors (Lipinski definition) is 8. The minimum absolute atomic E-state index is 0.0284. The molecule has 9 nitrogen and oxygen atoms in total. The molecule has 0 bridgehead atoms. The molecule has 0 radical (unpaired) electrons. The molecule has 198 valence electrons. The third kappa shape index (κ3) is 4.82. The molecule has 38 heavy (non-hydrogen) atoms. The zero-order chi connectivity index (χ0) is 27.4. The van der Waals surface area contributed by atoms with Crippen molar-refractivity contribution < 1.29 is 38.7 Å². The van der Waals surface area contributed by atoms with Crippen LogP contribution in [0.4, 0.5) is 0 Å². The Bertz CT molecular complexity index is 1400. The van der Waals surface area contributed by atoms with Crippen LogP contribution < -0.4 is 18.9 Å². The molecule has 1 saturated heterocycles. The second-order valence-electron chi connectivity index (χ2n) is 8.47. The standard InChI is InChI=1S/C29H29NO8/c1-5-38-24-14-17(10-13-21(24)31)26-25(27(32)20-12-11-19(35-2)15-23(20)37-4)28(33)29(34)30(26)16-18-8-6-7-9-22(18)36-3/h6-15,26,31-32H,5,16H2,1-4H3/b27-25+. The summed E-state index contributed by atoms with van der Waals surface area (Å²) in [5.74, 6) is -0.646. The first-order valence-corrected chi connectivity index (χ1v) is 11.9. The highest BCUT2D eigenvalue weighted by Crippen LogP contribution is 2.44. The van der Waals surface area contributed by atoms with Gasteiger partial charge in [0.2, 0.25) is 0 Å². The zero-order valence-electron chi connectivity index (χ0n) is 21.6. The zero-order valence-corrected chi connectivity index (χ0v) is 21.6. The molecule has 3 aromatic carbocycles. The molecule has 1 heterocycles. The number of nitrogens with zero attached hydrogens (tertiary/aromatic N) is 1. The lowest BCUT2D eigenvalue weighted by Gasteiger charge is -2.26. The van der Waals surface area contributed by atoms with E-state index in [1.54, 1.807) is 61.5 Å². The lowest BCUT2D eigenvalue weighted by Crippen LogP contribution is -2.29. The number of hydrogen-bond donors (Lipinski definition) is 2. The average Bonchev–Trinajstić information content (AvgIpc) is 3.18. The van der Waals surface area contributed by atoms with Crippen LogP contribution in [0.15, 0.2) is 66.2 Å². The summed E-state index contributed by atoms with van der Waals surface area (Å²) in [4.78, 5) is 28.3. The molecule has 0 aliphatic carbocycles. The summed E-state index contributed by atoms with van der Waals surface area (Å²) in [6.07, 6.45) is 0. The number of carbonyl (C=O) groups excluding carboxylic acids is 2. The number of ketones is 1. The molecular formula is C29H29NO8. The van der Waals surface area contributed by atoms with Crippen LogP contribution in [-0.4, -0.2) is 54.7 Å². The molecule has 1 atom stereocenters. The van der Waals surface area contributed by atoms with Crippen molar-refractivity contribution in [3.05, 3.63) is 82.9 Å². The van der Waals surface area contributed by atoms with Crippen molar-refractivity contribution in [2.45, 2.75) is 19.5 Å². The minimum atomic E-state index is -0.994. The predicted molar refractivity (Wildman–Crippen MR) is 140 cm³/mol. The van der Waals surface area contributed by atoms with Crippen molar-refractivity contribution in [1.29, 1.82) is 0 Å². The number of para-hydroxylation sites is 1. The number of benzene rings is 3. The summed E-state index contributed by atoms with van der Waals surface area (Å²) in [6, 6.07) is 15.5. The van der Waals surface area contributed by atoms with E-state index in [9.17, 15) is 19.8 Å². The molecule has 1 amide bonds. The molecule has 0 spiro atoms. The number of ether oxygens (including phenoxy) is 4. The fourth-order valence-electron chi connectivity index (χ4n) is 4.52. The Hall–Kier alpha value is -4.66. The van der Waals surface area contributed by atoms with Gasteiger partial charge in [-0.3, -0.25) is 9.59 Å². The number of aliphatic hydroxyl groups excluding tert-OH is 1. The van der Waals surface area contributed by atoms with E-state index in [1.165, 1.54) is 32.3 Å². The van der Waals surface area contributed by atoms with E-state index < -0.39 is 23.5 Å². The Morgan fingerprint density at radius 2 is 1.63 bits per heavy atom. The Labute approximate surface area is 220 Å². The van der Waals surface area contributed by atoms with Crippen LogP contribution in [0.25, 0.3) is 5.76 Å². The van der Waals surface area contributed by atoms with Gasteiger partial charge in [0, 0.05) is 11.6 Å². The maximum absolute atomic E-state index is 13.5. The van der Waals surface area contributed by atoms with Gasteiger partial charge in [-0.15, -0.1) is 0 Å². The third-order valence-electron chi connectivity index (χ3n) is 6.34. The van der Waals surface area contributed by atoms with Crippen molar-refractivity contribution in [3.8, 4) is 28.7 Å². The molecule has 0 saturated carbocycles. The van der Waals surface area contributed by atoms with Gasteiger partial charge < -0.3 is 34.1 Å². The number of aromatic hydroxyl groups is 1. The first-order valence-electron chi connectivity index (χ1n) is 11.9.